The van der Waals surface area contributed by atoms with E-state index >= 15 is 0 Å². The highest BCUT2D eigenvalue weighted by atomic mass is 79.9. The summed E-state index contributed by atoms with van der Waals surface area (Å²) in [5.41, 5.74) is 2.17. The second-order valence-corrected chi connectivity index (χ2v) is 9.66. The van der Waals surface area contributed by atoms with Crippen molar-refractivity contribution in [1.29, 1.82) is 0 Å². The van der Waals surface area contributed by atoms with Crippen LogP contribution in [0.25, 0.3) is 10.8 Å². The molecule has 0 bridgehead atoms. The molecule has 1 aliphatic rings. The third-order valence-corrected chi connectivity index (χ3v) is 7.06. The molecule has 0 saturated heterocycles. The summed E-state index contributed by atoms with van der Waals surface area (Å²) in [4.78, 5) is 42.9. The van der Waals surface area contributed by atoms with E-state index in [-0.39, 0.29) is 30.8 Å². The topological polar surface area (TPSA) is 57.7 Å². The Bertz CT molecular complexity index is 1430. The van der Waals surface area contributed by atoms with E-state index < -0.39 is 0 Å². The van der Waals surface area contributed by atoms with E-state index in [9.17, 15) is 14.4 Å². The fourth-order valence-corrected chi connectivity index (χ4v) is 5.11. The highest BCUT2D eigenvalue weighted by Crippen LogP contribution is 2.34. The molecule has 3 amide bonds. The van der Waals surface area contributed by atoms with Crippen molar-refractivity contribution in [3.05, 3.63) is 111 Å². The fourth-order valence-electron chi connectivity index (χ4n) is 4.25. The van der Waals surface area contributed by atoms with Gasteiger partial charge in [0.1, 0.15) is 0 Å². The number of carbonyl (C=O) groups excluding carboxylic acids is 3. The minimum atomic E-state index is -0.357. The number of carbonyl (C=O) groups is 3. The second kappa shape index (κ2) is 9.16. The molecule has 0 radical (unpaired) electrons. The van der Waals surface area contributed by atoms with Crippen molar-refractivity contribution in [1.82, 2.24) is 4.90 Å². The van der Waals surface area contributed by atoms with Gasteiger partial charge in [-0.2, -0.15) is 0 Å². The average molecular weight is 578 g/mol. The lowest BCUT2D eigenvalue weighted by Crippen LogP contribution is -2.46. The number of halogens is 2. The van der Waals surface area contributed by atoms with Crippen molar-refractivity contribution in [3.8, 4) is 0 Å². The van der Waals surface area contributed by atoms with Crippen molar-refractivity contribution in [2.45, 2.75) is 0 Å². The van der Waals surface area contributed by atoms with E-state index in [0.29, 0.717) is 27.8 Å². The molecule has 0 fully saturated rings. The number of anilines is 1. The summed E-state index contributed by atoms with van der Waals surface area (Å²) in [6, 6.07) is 25.4. The Hall–Kier alpha value is -3.29. The number of nitrogens with zero attached hydrogens (tertiary/aromatic N) is 2. The van der Waals surface area contributed by atoms with Gasteiger partial charge in [0.15, 0.2) is 0 Å². The molecule has 7 heteroatoms. The number of para-hydroxylation sites is 1. The van der Waals surface area contributed by atoms with Crippen LogP contribution in [0.5, 0.6) is 0 Å². The monoisotopic (exact) mass is 576 g/mol. The summed E-state index contributed by atoms with van der Waals surface area (Å²) in [7, 11) is 0. The molecule has 4 aromatic carbocycles. The predicted molar refractivity (Wildman–Crippen MR) is 139 cm³/mol. The largest absolute Gasteiger partial charge is 0.307 e. The number of hydrogen-bond acceptors (Lipinski definition) is 3. The van der Waals surface area contributed by atoms with Crippen LogP contribution < -0.4 is 4.90 Å². The van der Waals surface area contributed by atoms with Gasteiger partial charge >= 0.3 is 0 Å². The van der Waals surface area contributed by atoms with E-state index in [1.807, 2.05) is 54.6 Å². The van der Waals surface area contributed by atoms with Gasteiger partial charge in [-0.15, -0.1) is 0 Å². The van der Waals surface area contributed by atoms with Crippen molar-refractivity contribution >= 4 is 66.0 Å². The first kappa shape index (κ1) is 22.5. The molecule has 5 nitrogen and oxygen atoms in total. The standard InChI is InChI=1S/C27H18Br2N2O3/c28-18-7-4-6-17(16-18)25(32)30(19-8-2-1-3-9-19)14-15-31-26(33)21-11-5-10-20-23(29)13-12-22(24(20)21)27(31)34/h1-13,16H,14-15H2. The van der Waals surface area contributed by atoms with Gasteiger partial charge in [-0.3, -0.25) is 19.3 Å². The summed E-state index contributed by atoms with van der Waals surface area (Å²) in [6.07, 6.45) is 0. The maximum atomic E-state index is 13.4. The van der Waals surface area contributed by atoms with Crippen LogP contribution in [0.2, 0.25) is 0 Å². The Morgan fingerprint density at radius 2 is 1.50 bits per heavy atom. The Labute approximate surface area is 213 Å². The molecule has 168 valence electrons. The molecule has 1 aliphatic heterocycles. The van der Waals surface area contributed by atoms with E-state index in [0.717, 1.165) is 14.3 Å². The zero-order valence-corrected chi connectivity index (χ0v) is 21.0. The molecule has 34 heavy (non-hydrogen) atoms. The van der Waals surface area contributed by atoms with Crippen LogP contribution in [0.15, 0.2) is 93.9 Å². The van der Waals surface area contributed by atoms with Crippen LogP contribution in [-0.4, -0.2) is 35.7 Å². The van der Waals surface area contributed by atoms with Gasteiger partial charge in [0.2, 0.25) is 0 Å². The number of imide groups is 1. The maximum absolute atomic E-state index is 13.4. The summed E-state index contributed by atoms with van der Waals surface area (Å²) >= 11 is 6.92. The van der Waals surface area contributed by atoms with E-state index in [4.69, 9.17) is 0 Å². The lowest BCUT2D eigenvalue weighted by Gasteiger charge is -2.30. The predicted octanol–water partition coefficient (Wildman–Crippen LogP) is 6.31. The lowest BCUT2D eigenvalue weighted by molar-refractivity contribution is 0.0611. The normalized spacial score (nSPS) is 12.8. The third kappa shape index (κ3) is 3.95. The molecule has 0 aliphatic carbocycles. The van der Waals surface area contributed by atoms with E-state index in [1.165, 1.54) is 4.90 Å². The lowest BCUT2D eigenvalue weighted by atomic mass is 9.94. The van der Waals surface area contributed by atoms with Crippen LogP contribution in [0.4, 0.5) is 5.69 Å². The van der Waals surface area contributed by atoms with Crippen LogP contribution >= 0.6 is 31.9 Å². The fraction of sp³-hybridized carbons (Fsp3) is 0.0741. The van der Waals surface area contributed by atoms with Gasteiger partial charge < -0.3 is 4.90 Å². The maximum Gasteiger partial charge on any atom is 0.261 e. The minimum Gasteiger partial charge on any atom is -0.307 e. The second-order valence-electron chi connectivity index (χ2n) is 7.89. The molecule has 4 aromatic rings. The number of benzene rings is 4. The van der Waals surface area contributed by atoms with Gasteiger partial charge in [-0.1, -0.05) is 68.3 Å². The van der Waals surface area contributed by atoms with E-state index in [2.05, 4.69) is 31.9 Å². The molecule has 0 atom stereocenters. The van der Waals surface area contributed by atoms with Crippen LogP contribution in [0, 0.1) is 0 Å². The average Bonchev–Trinajstić information content (AvgIpc) is 2.86. The van der Waals surface area contributed by atoms with Crippen molar-refractivity contribution in [2.24, 2.45) is 0 Å². The molecular formula is C27H18Br2N2O3. The Kier molecular flexibility index (Phi) is 6.06. The molecule has 0 N–H and O–H groups in total. The molecule has 0 spiro atoms. The van der Waals surface area contributed by atoms with Gasteiger partial charge in [0.25, 0.3) is 17.7 Å². The first-order chi connectivity index (χ1) is 16.5. The van der Waals surface area contributed by atoms with Crippen LogP contribution in [0.3, 0.4) is 0 Å². The summed E-state index contributed by atoms with van der Waals surface area (Å²) in [5, 5.41) is 1.49. The minimum absolute atomic E-state index is 0.0677. The highest BCUT2D eigenvalue weighted by Gasteiger charge is 2.33. The zero-order chi connectivity index (χ0) is 23.8. The quantitative estimate of drug-likeness (QED) is 0.261. The Balaban J connectivity index is 1.48. The SMILES string of the molecule is O=C1c2cccc3c(Br)ccc(c23)C(=O)N1CCN(C(=O)c1cccc(Br)c1)c1ccccc1. The number of rotatable bonds is 5. The summed E-state index contributed by atoms with van der Waals surface area (Å²) in [6.45, 7) is 0.229. The molecule has 0 saturated carbocycles. The van der Waals surface area contributed by atoms with Crippen molar-refractivity contribution in [3.63, 3.8) is 0 Å². The zero-order valence-electron chi connectivity index (χ0n) is 17.9. The third-order valence-electron chi connectivity index (χ3n) is 5.87. The first-order valence-electron chi connectivity index (χ1n) is 10.7. The number of amides is 3. The van der Waals surface area contributed by atoms with Gasteiger partial charge in [0, 0.05) is 49.8 Å². The molecule has 0 unspecified atom stereocenters. The van der Waals surface area contributed by atoms with Crippen molar-refractivity contribution < 1.29 is 14.4 Å². The summed E-state index contributed by atoms with van der Waals surface area (Å²) < 4.78 is 1.63. The highest BCUT2D eigenvalue weighted by molar-refractivity contribution is 9.11. The number of hydrogen-bond donors (Lipinski definition) is 0. The smallest absolute Gasteiger partial charge is 0.261 e. The molecule has 0 aromatic heterocycles. The molecule has 5 rings (SSSR count). The van der Waals surface area contributed by atoms with Crippen molar-refractivity contribution in [2.75, 3.05) is 18.0 Å². The first-order valence-corrected chi connectivity index (χ1v) is 12.2. The van der Waals surface area contributed by atoms with Crippen LogP contribution in [-0.2, 0) is 0 Å². The molecular weight excluding hydrogens is 560 g/mol. The van der Waals surface area contributed by atoms with E-state index in [1.54, 1.807) is 35.2 Å². The van der Waals surface area contributed by atoms with Crippen LogP contribution in [0.1, 0.15) is 31.1 Å². The summed E-state index contributed by atoms with van der Waals surface area (Å²) in [5.74, 6) is -0.927. The van der Waals surface area contributed by atoms with Gasteiger partial charge in [-0.25, -0.2) is 0 Å². The Morgan fingerprint density at radius 3 is 2.24 bits per heavy atom. The van der Waals surface area contributed by atoms with Gasteiger partial charge in [-0.05, 0) is 53.9 Å². The molecule has 1 heterocycles. The van der Waals surface area contributed by atoms with Gasteiger partial charge in [0.05, 0.1) is 0 Å². The Morgan fingerprint density at radius 1 is 0.794 bits per heavy atom.